The maximum absolute atomic E-state index is 14.2. The van der Waals surface area contributed by atoms with Crippen molar-refractivity contribution in [3.8, 4) is 5.75 Å². The van der Waals surface area contributed by atoms with E-state index in [4.69, 9.17) is 10.5 Å². The first-order valence-electron chi connectivity index (χ1n) is 5.44. The SMILES string of the molecule is COc1ccc2c(c1F)C(CN)N(C)CC2. The minimum absolute atomic E-state index is 0.0427. The Morgan fingerprint density at radius 3 is 2.94 bits per heavy atom. The third-order valence-corrected chi connectivity index (χ3v) is 3.28. The quantitative estimate of drug-likeness (QED) is 0.823. The summed E-state index contributed by atoms with van der Waals surface area (Å²) in [6, 6.07) is 3.58. The van der Waals surface area contributed by atoms with Crippen LogP contribution in [0, 0.1) is 5.82 Å². The number of hydrogen-bond acceptors (Lipinski definition) is 3. The van der Waals surface area contributed by atoms with Gasteiger partial charge in [-0.05, 0) is 25.1 Å². The average Bonchev–Trinajstić information content (AvgIpc) is 2.30. The number of nitrogens with zero attached hydrogens (tertiary/aromatic N) is 1. The zero-order valence-electron chi connectivity index (χ0n) is 9.66. The Morgan fingerprint density at radius 2 is 2.31 bits per heavy atom. The molecule has 0 saturated heterocycles. The fourth-order valence-corrected chi connectivity index (χ4v) is 2.32. The van der Waals surface area contributed by atoms with Crippen LogP contribution in [0.4, 0.5) is 4.39 Å². The Hall–Kier alpha value is -1.13. The highest BCUT2D eigenvalue weighted by Crippen LogP contribution is 2.34. The molecule has 88 valence electrons. The summed E-state index contributed by atoms with van der Waals surface area (Å²) >= 11 is 0. The number of likely N-dealkylation sites (N-methyl/N-ethyl adjacent to an activating group) is 1. The molecule has 0 saturated carbocycles. The predicted octanol–water partition coefficient (Wildman–Crippen LogP) is 1.32. The van der Waals surface area contributed by atoms with Crippen molar-refractivity contribution in [2.45, 2.75) is 12.5 Å². The number of ether oxygens (including phenoxy) is 1. The van der Waals surface area contributed by atoms with E-state index in [1.54, 1.807) is 6.07 Å². The smallest absolute Gasteiger partial charge is 0.170 e. The van der Waals surface area contributed by atoms with Gasteiger partial charge in [0.15, 0.2) is 11.6 Å². The monoisotopic (exact) mass is 224 g/mol. The third kappa shape index (κ3) is 1.68. The second kappa shape index (κ2) is 4.39. The van der Waals surface area contributed by atoms with Crippen LogP contribution in [0.2, 0.25) is 0 Å². The van der Waals surface area contributed by atoms with Crippen molar-refractivity contribution in [1.29, 1.82) is 0 Å². The molecule has 1 aromatic rings. The summed E-state index contributed by atoms with van der Waals surface area (Å²) in [6.45, 7) is 1.34. The van der Waals surface area contributed by atoms with Crippen LogP contribution >= 0.6 is 0 Å². The maximum atomic E-state index is 14.2. The van der Waals surface area contributed by atoms with E-state index in [1.807, 2.05) is 13.1 Å². The second-order valence-corrected chi connectivity index (χ2v) is 4.14. The van der Waals surface area contributed by atoms with Gasteiger partial charge in [-0.3, -0.25) is 4.90 Å². The molecule has 2 rings (SSSR count). The molecule has 1 atom stereocenters. The van der Waals surface area contributed by atoms with Gasteiger partial charge in [-0.2, -0.15) is 0 Å². The molecule has 0 spiro atoms. The van der Waals surface area contributed by atoms with E-state index in [1.165, 1.54) is 7.11 Å². The van der Waals surface area contributed by atoms with Gasteiger partial charge < -0.3 is 10.5 Å². The summed E-state index contributed by atoms with van der Waals surface area (Å²) in [6.07, 6.45) is 0.864. The van der Waals surface area contributed by atoms with Gasteiger partial charge in [0.25, 0.3) is 0 Å². The minimum atomic E-state index is -0.262. The topological polar surface area (TPSA) is 38.5 Å². The van der Waals surface area contributed by atoms with Gasteiger partial charge in [0, 0.05) is 18.7 Å². The van der Waals surface area contributed by atoms with Gasteiger partial charge in [0.2, 0.25) is 0 Å². The molecule has 2 N–H and O–H groups in total. The number of benzene rings is 1. The van der Waals surface area contributed by atoms with Gasteiger partial charge in [-0.15, -0.1) is 0 Å². The van der Waals surface area contributed by atoms with Gasteiger partial charge in [0.05, 0.1) is 13.2 Å². The summed E-state index contributed by atoms with van der Waals surface area (Å²) in [5.41, 5.74) is 7.47. The molecule has 0 bridgehead atoms. The first-order chi connectivity index (χ1) is 7.69. The molecular formula is C12H17FN2O. The van der Waals surface area contributed by atoms with Crippen molar-refractivity contribution >= 4 is 0 Å². The molecule has 0 aliphatic carbocycles. The van der Waals surface area contributed by atoms with Crippen molar-refractivity contribution in [1.82, 2.24) is 4.90 Å². The summed E-state index contributed by atoms with van der Waals surface area (Å²) in [5, 5.41) is 0. The number of nitrogens with two attached hydrogens (primary N) is 1. The Balaban J connectivity index is 2.53. The van der Waals surface area contributed by atoms with Gasteiger partial charge in [-0.1, -0.05) is 6.07 Å². The number of halogens is 1. The molecule has 1 aliphatic rings. The largest absolute Gasteiger partial charge is 0.494 e. The van der Waals surface area contributed by atoms with Crippen molar-refractivity contribution in [3.63, 3.8) is 0 Å². The molecular weight excluding hydrogens is 207 g/mol. The van der Waals surface area contributed by atoms with Crippen molar-refractivity contribution in [2.75, 3.05) is 27.2 Å². The molecule has 0 fully saturated rings. The Kier molecular flexibility index (Phi) is 3.12. The average molecular weight is 224 g/mol. The molecule has 1 heterocycles. The maximum Gasteiger partial charge on any atom is 0.170 e. The summed E-state index contributed by atoms with van der Waals surface area (Å²) < 4.78 is 19.2. The summed E-state index contributed by atoms with van der Waals surface area (Å²) in [4.78, 5) is 2.09. The Labute approximate surface area is 95.0 Å². The molecule has 4 heteroatoms. The van der Waals surface area contributed by atoms with E-state index in [0.717, 1.165) is 18.5 Å². The van der Waals surface area contributed by atoms with Crippen LogP contribution in [0.15, 0.2) is 12.1 Å². The lowest BCUT2D eigenvalue weighted by atomic mass is 9.92. The molecule has 3 nitrogen and oxygen atoms in total. The van der Waals surface area contributed by atoms with Crippen LogP contribution in [-0.2, 0) is 6.42 Å². The first-order valence-corrected chi connectivity index (χ1v) is 5.44. The molecule has 1 aromatic carbocycles. The lowest BCUT2D eigenvalue weighted by Gasteiger charge is -2.34. The highest BCUT2D eigenvalue weighted by atomic mass is 19.1. The molecule has 0 amide bonds. The van der Waals surface area contributed by atoms with Crippen LogP contribution in [0.1, 0.15) is 17.2 Å². The Bertz CT molecular complexity index is 395. The lowest BCUT2D eigenvalue weighted by Crippen LogP contribution is -2.37. The standard InChI is InChI=1S/C12H17FN2O/c1-15-6-5-8-3-4-10(16-2)12(13)11(8)9(15)7-14/h3-4,9H,5-7,14H2,1-2H3. The van der Waals surface area contributed by atoms with Crippen LogP contribution in [-0.4, -0.2) is 32.1 Å². The van der Waals surface area contributed by atoms with E-state index in [0.29, 0.717) is 17.9 Å². The predicted molar refractivity (Wildman–Crippen MR) is 61.1 cm³/mol. The minimum Gasteiger partial charge on any atom is -0.494 e. The van der Waals surface area contributed by atoms with Crippen LogP contribution in [0.25, 0.3) is 0 Å². The molecule has 0 radical (unpaired) electrons. The fourth-order valence-electron chi connectivity index (χ4n) is 2.32. The number of hydrogen-bond donors (Lipinski definition) is 1. The lowest BCUT2D eigenvalue weighted by molar-refractivity contribution is 0.228. The van der Waals surface area contributed by atoms with Crippen molar-refractivity contribution in [3.05, 3.63) is 29.1 Å². The molecule has 1 unspecified atom stereocenters. The highest BCUT2D eigenvalue weighted by Gasteiger charge is 2.28. The first kappa shape index (κ1) is 11.4. The fraction of sp³-hybridized carbons (Fsp3) is 0.500. The van der Waals surface area contributed by atoms with E-state index in [-0.39, 0.29) is 11.9 Å². The second-order valence-electron chi connectivity index (χ2n) is 4.14. The van der Waals surface area contributed by atoms with Gasteiger partial charge in [0.1, 0.15) is 0 Å². The highest BCUT2D eigenvalue weighted by molar-refractivity contribution is 5.41. The number of fused-ring (bicyclic) bond motifs is 1. The van der Waals surface area contributed by atoms with E-state index in [2.05, 4.69) is 4.90 Å². The zero-order valence-corrected chi connectivity index (χ0v) is 9.66. The van der Waals surface area contributed by atoms with Crippen molar-refractivity contribution in [2.24, 2.45) is 5.73 Å². The van der Waals surface area contributed by atoms with E-state index in [9.17, 15) is 4.39 Å². The van der Waals surface area contributed by atoms with Gasteiger partial charge in [-0.25, -0.2) is 4.39 Å². The third-order valence-electron chi connectivity index (χ3n) is 3.28. The molecule has 16 heavy (non-hydrogen) atoms. The van der Waals surface area contributed by atoms with Crippen LogP contribution < -0.4 is 10.5 Å². The molecule has 1 aliphatic heterocycles. The zero-order chi connectivity index (χ0) is 11.7. The molecule has 0 aromatic heterocycles. The number of rotatable bonds is 2. The Morgan fingerprint density at radius 1 is 1.56 bits per heavy atom. The number of methoxy groups -OCH3 is 1. The van der Waals surface area contributed by atoms with Crippen LogP contribution in [0.5, 0.6) is 5.75 Å². The van der Waals surface area contributed by atoms with Crippen LogP contribution in [0.3, 0.4) is 0 Å². The normalized spacial score (nSPS) is 20.6. The van der Waals surface area contributed by atoms with Gasteiger partial charge >= 0.3 is 0 Å². The summed E-state index contributed by atoms with van der Waals surface area (Å²) in [7, 11) is 3.45. The summed E-state index contributed by atoms with van der Waals surface area (Å²) in [5.74, 6) is 0.0366. The van der Waals surface area contributed by atoms with Crippen molar-refractivity contribution < 1.29 is 9.13 Å². The van der Waals surface area contributed by atoms with E-state index < -0.39 is 0 Å². The van der Waals surface area contributed by atoms with E-state index >= 15 is 0 Å².